The van der Waals surface area contributed by atoms with Crippen LogP contribution in [0.3, 0.4) is 0 Å². The SMILES string of the molecule is CS(=O)(=O)c1cccnc1NCCc1ccco1. The molecule has 0 aromatic carbocycles. The maximum absolute atomic E-state index is 11.5. The summed E-state index contributed by atoms with van der Waals surface area (Å²) in [6.45, 7) is 0.563. The molecule has 6 heteroatoms. The molecule has 0 fully saturated rings. The van der Waals surface area contributed by atoms with Crippen molar-refractivity contribution in [3.63, 3.8) is 0 Å². The molecule has 0 aliphatic rings. The van der Waals surface area contributed by atoms with Crippen LogP contribution in [-0.4, -0.2) is 26.2 Å². The van der Waals surface area contributed by atoms with E-state index >= 15 is 0 Å². The lowest BCUT2D eigenvalue weighted by atomic mass is 10.3. The first-order valence-corrected chi connectivity index (χ1v) is 7.38. The van der Waals surface area contributed by atoms with Gasteiger partial charge in [0.15, 0.2) is 9.84 Å². The molecule has 0 atom stereocenters. The number of rotatable bonds is 5. The van der Waals surface area contributed by atoms with Crippen LogP contribution in [0, 0.1) is 0 Å². The predicted molar refractivity (Wildman–Crippen MR) is 68.2 cm³/mol. The number of nitrogens with zero attached hydrogens (tertiary/aromatic N) is 1. The Morgan fingerprint density at radius 2 is 2.17 bits per heavy atom. The molecule has 1 N–H and O–H groups in total. The lowest BCUT2D eigenvalue weighted by Gasteiger charge is -2.08. The largest absolute Gasteiger partial charge is 0.469 e. The molecular weight excluding hydrogens is 252 g/mol. The summed E-state index contributed by atoms with van der Waals surface area (Å²) in [5.41, 5.74) is 0. The predicted octanol–water partition coefficient (Wildman–Crippen LogP) is 1.73. The minimum absolute atomic E-state index is 0.212. The summed E-state index contributed by atoms with van der Waals surface area (Å²) < 4.78 is 28.3. The van der Waals surface area contributed by atoms with Crippen LogP contribution < -0.4 is 5.32 Å². The normalized spacial score (nSPS) is 11.4. The van der Waals surface area contributed by atoms with Gasteiger partial charge in [-0.25, -0.2) is 13.4 Å². The molecule has 0 saturated heterocycles. The Morgan fingerprint density at radius 3 is 2.83 bits per heavy atom. The van der Waals surface area contributed by atoms with Gasteiger partial charge in [-0.3, -0.25) is 0 Å². The van der Waals surface area contributed by atoms with Crippen LogP contribution in [0.5, 0.6) is 0 Å². The Bertz CT molecular complexity index is 606. The van der Waals surface area contributed by atoms with Crippen molar-refractivity contribution in [2.24, 2.45) is 0 Å². The molecule has 2 heterocycles. The van der Waals surface area contributed by atoms with E-state index in [-0.39, 0.29) is 4.90 Å². The third-order valence-electron chi connectivity index (χ3n) is 2.41. The molecule has 0 radical (unpaired) electrons. The summed E-state index contributed by atoms with van der Waals surface area (Å²) in [5, 5.41) is 3.01. The smallest absolute Gasteiger partial charge is 0.179 e. The Kier molecular flexibility index (Phi) is 3.66. The first kappa shape index (κ1) is 12.6. The van der Waals surface area contributed by atoms with Crippen LogP contribution in [0.1, 0.15) is 5.76 Å². The number of anilines is 1. The average molecular weight is 266 g/mol. The second-order valence-corrected chi connectivity index (χ2v) is 5.86. The summed E-state index contributed by atoms with van der Waals surface area (Å²) in [6.07, 6.45) is 5.01. The number of hydrogen-bond donors (Lipinski definition) is 1. The van der Waals surface area contributed by atoms with Crippen molar-refractivity contribution >= 4 is 15.7 Å². The van der Waals surface area contributed by atoms with E-state index in [1.165, 1.54) is 12.3 Å². The molecule has 0 aliphatic heterocycles. The van der Waals surface area contributed by atoms with Gasteiger partial charge in [-0.2, -0.15) is 0 Å². The second-order valence-electron chi connectivity index (χ2n) is 3.88. The topological polar surface area (TPSA) is 72.2 Å². The fourth-order valence-electron chi connectivity index (χ4n) is 1.58. The maximum atomic E-state index is 11.5. The molecule has 18 heavy (non-hydrogen) atoms. The van der Waals surface area contributed by atoms with Gasteiger partial charge in [0.2, 0.25) is 0 Å². The minimum atomic E-state index is -3.27. The zero-order chi connectivity index (χ0) is 13.0. The number of pyridine rings is 1. The van der Waals surface area contributed by atoms with Gasteiger partial charge in [0.05, 0.1) is 6.26 Å². The summed E-state index contributed by atoms with van der Waals surface area (Å²) in [5.74, 6) is 1.23. The van der Waals surface area contributed by atoms with Crippen molar-refractivity contribution in [1.29, 1.82) is 0 Å². The highest BCUT2D eigenvalue weighted by molar-refractivity contribution is 7.90. The lowest BCUT2D eigenvalue weighted by molar-refractivity contribution is 0.513. The Labute approximate surface area is 106 Å². The molecule has 0 saturated carbocycles. The highest BCUT2D eigenvalue weighted by atomic mass is 32.2. The average Bonchev–Trinajstić information content (AvgIpc) is 2.81. The van der Waals surface area contributed by atoms with Crippen molar-refractivity contribution < 1.29 is 12.8 Å². The van der Waals surface area contributed by atoms with Crippen LogP contribution in [0.25, 0.3) is 0 Å². The Hall–Kier alpha value is -1.82. The standard InChI is InChI=1S/C12H14N2O3S/c1-18(15,16)11-5-2-7-13-12(11)14-8-6-10-4-3-9-17-10/h2-5,7,9H,6,8H2,1H3,(H,13,14). The van der Waals surface area contributed by atoms with E-state index in [2.05, 4.69) is 10.3 Å². The molecule has 0 spiro atoms. The van der Waals surface area contributed by atoms with Crippen LogP contribution >= 0.6 is 0 Å². The van der Waals surface area contributed by atoms with E-state index in [0.717, 1.165) is 5.76 Å². The first-order chi connectivity index (χ1) is 8.57. The zero-order valence-corrected chi connectivity index (χ0v) is 10.8. The van der Waals surface area contributed by atoms with Gasteiger partial charge in [-0.15, -0.1) is 0 Å². The van der Waals surface area contributed by atoms with Crippen molar-refractivity contribution in [2.75, 3.05) is 18.1 Å². The summed E-state index contributed by atoms with van der Waals surface area (Å²) >= 11 is 0. The summed E-state index contributed by atoms with van der Waals surface area (Å²) in [6, 6.07) is 6.83. The maximum Gasteiger partial charge on any atom is 0.179 e. The highest BCUT2D eigenvalue weighted by Crippen LogP contribution is 2.17. The van der Waals surface area contributed by atoms with Gasteiger partial charge in [-0.05, 0) is 24.3 Å². The monoisotopic (exact) mass is 266 g/mol. The van der Waals surface area contributed by atoms with Gasteiger partial charge >= 0.3 is 0 Å². The lowest BCUT2D eigenvalue weighted by Crippen LogP contribution is -2.10. The van der Waals surface area contributed by atoms with Crippen molar-refractivity contribution in [3.05, 3.63) is 42.5 Å². The highest BCUT2D eigenvalue weighted by Gasteiger charge is 2.13. The number of furan rings is 1. The van der Waals surface area contributed by atoms with E-state index in [1.807, 2.05) is 12.1 Å². The summed E-state index contributed by atoms with van der Waals surface area (Å²) in [7, 11) is -3.27. The van der Waals surface area contributed by atoms with E-state index in [1.54, 1.807) is 18.5 Å². The molecule has 2 aromatic heterocycles. The molecule has 0 amide bonds. The number of aromatic nitrogens is 1. The van der Waals surface area contributed by atoms with Crippen LogP contribution in [0.2, 0.25) is 0 Å². The molecule has 0 unspecified atom stereocenters. The summed E-state index contributed by atoms with van der Waals surface area (Å²) in [4.78, 5) is 4.26. The quantitative estimate of drug-likeness (QED) is 0.892. The second kappa shape index (κ2) is 5.22. The van der Waals surface area contributed by atoms with Gasteiger partial charge in [-0.1, -0.05) is 0 Å². The van der Waals surface area contributed by atoms with Gasteiger partial charge in [0, 0.05) is 25.4 Å². The van der Waals surface area contributed by atoms with Crippen LogP contribution in [0.15, 0.2) is 46.0 Å². The van der Waals surface area contributed by atoms with E-state index in [4.69, 9.17) is 4.42 Å². The number of hydrogen-bond acceptors (Lipinski definition) is 5. The molecule has 2 rings (SSSR count). The minimum Gasteiger partial charge on any atom is -0.469 e. The Balaban J connectivity index is 2.06. The fraction of sp³-hybridized carbons (Fsp3) is 0.250. The molecule has 0 bridgehead atoms. The molecular formula is C12H14N2O3S. The third kappa shape index (κ3) is 3.10. The molecule has 0 aliphatic carbocycles. The van der Waals surface area contributed by atoms with Crippen molar-refractivity contribution in [3.8, 4) is 0 Å². The van der Waals surface area contributed by atoms with Crippen LogP contribution in [0.4, 0.5) is 5.82 Å². The zero-order valence-electron chi connectivity index (χ0n) is 9.96. The van der Waals surface area contributed by atoms with E-state index in [9.17, 15) is 8.42 Å². The van der Waals surface area contributed by atoms with Crippen molar-refractivity contribution in [1.82, 2.24) is 4.98 Å². The van der Waals surface area contributed by atoms with Gasteiger partial charge < -0.3 is 9.73 Å². The Morgan fingerprint density at radius 1 is 1.33 bits per heavy atom. The molecule has 2 aromatic rings. The van der Waals surface area contributed by atoms with Gasteiger partial charge in [0.1, 0.15) is 16.5 Å². The fourth-order valence-corrected chi connectivity index (χ4v) is 2.38. The number of sulfone groups is 1. The molecule has 5 nitrogen and oxygen atoms in total. The molecule has 96 valence electrons. The first-order valence-electron chi connectivity index (χ1n) is 5.49. The van der Waals surface area contributed by atoms with Gasteiger partial charge in [0.25, 0.3) is 0 Å². The number of nitrogens with one attached hydrogen (secondary N) is 1. The van der Waals surface area contributed by atoms with E-state index in [0.29, 0.717) is 18.8 Å². The third-order valence-corrected chi connectivity index (χ3v) is 3.54. The van der Waals surface area contributed by atoms with E-state index < -0.39 is 9.84 Å². The van der Waals surface area contributed by atoms with Crippen molar-refractivity contribution in [2.45, 2.75) is 11.3 Å². The van der Waals surface area contributed by atoms with Crippen LogP contribution in [-0.2, 0) is 16.3 Å².